The number of ether oxygens (including phenoxy) is 2. The highest BCUT2D eigenvalue weighted by Gasteiger charge is 2.59. The molecule has 56 heavy (non-hydrogen) atoms. The lowest BCUT2D eigenvalue weighted by atomic mass is 9.47. The number of esters is 1. The van der Waals surface area contributed by atoms with E-state index in [1.165, 1.54) is 62.7 Å². The molecule has 5 rings (SSSR count). The van der Waals surface area contributed by atoms with Gasteiger partial charge in [-0.25, -0.2) is 9.59 Å². The van der Waals surface area contributed by atoms with Crippen LogP contribution in [0.1, 0.15) is 151 Å². The molecule has 1 aromatic rings. The Labute approximate surface area is 338 Å². The first-order valence-corrected chi connectivity index (χ1v) is 22.1. The van der Waals surface area contributed by atoms with Crippen molar-refractivity contribution < 1.29 is 29.0 Å². The summed E-state index contributed by atoms with van der Waals surface area (Å²) in [6.07, 6.45) is 16.6. The predicted molar refractivity (Wildman–Crippen MR) is 223 cm³/mol. The molecule has 0 saturated heterocycles. The van der Waals surface area contributed by atoms with Gasteiger partial charge >= 0.3 is 12.1 Å². The van der Waals surface area contributed by atoms with E-state index >= 15 is 0 Å². The van der Waals surface area contributed by atoms with E-state index in [2.05, 4.69) is 51.3 Å². The summed E-state index contributed by atoms with van der Waals surface area (Å²) in [4.78, 5) is 40.7. The second-order valence-electron chi connectivity index (χ2n) is 20.0. The van der Waals surface area contributed by atoms with Gasteiger partial charge in [0.05, 0.1) is 0 Å². The second kappa shape index (κ2) is 18.7. The van der Waals surface area contributed by atoms with Crippen molar-refractivity contribution in [2.45, 2.75) is 175 Å². The van der Waals surface area contributed by atoms with Crippen molar-refractivity contribution >= 4 is 18.0 Å². The van der Waals surface area contributed by atoms with E-state index in [1.54, 1.807) is 32.9 Å². The second-order valence-corrected chi connectivity index (χ2v) is 20.0. The Bertz CT molecular complexity index is 1520. The molecule has 9 nitrogen and oxygen atoms in total. The summed E-state index contributed by atoms with van der Waals surface area (Å²) < 4.78 is 11.8. The van der Waals surface area contributed by atoms with Gasteiger partial charge in [-0.05, 0) is 156 Å². The van der Waals surface area contributed by atoms with Crippen LogP contribution >= 0.6 is 0 Å². The third kappa shape index (κ3) is 10.7. The molecule has 3 saturated carbocycles. The van der Waals surface area contributed by atoms with Crippen molar-refractivity contribution in [1.29, 1.82) is 0 Å². The Kier molecular flexibility index (Phi) is 14.7. The third-order valence-corrected chi connectivity index (χ3v) is 14.5. The first kappa shape index (κ1) is 44.0. The molecule has 0 unspecified atom stereocenters. The monoisotopic (exact) mass is 778 g/mol. The Morgan fingerprint density at radius 3 is 2.30 bits per heavy atom. The summed E-state index contributed by atoms with van der Waals surface area (Å²) in [5.41, 5.74) is 7.82. The van der Waals surface area contributed by atoms with E-state index in [9.17, 15) is 19.5 Å². The van der Waals surface area contributed by atoms with E-state index in [-0.39, 0.29) is 23.7 Å². The normalized spacial score (nSPS) is 30.2. The number of fused-ring (bicyclic) bond motifs is 5. The minimum Gasteiger partial charge on any atom is -0.508 e. The smallest absolute Gasteiger partial charge is 0.408 e. The maximum Gasteiger partial charge on any atom is 0.408 e. The topological polar surface area (TPSA) is 140 Å². The largest absolute Gasteiger partial charge is 0.508 e. The van der Waals surface area contributed by atoms with Crippen molar-refractivity contribution in [1.82, 2.24) is 10.6 Å². The number of nitrogens with one attached hydrogen (secondary N) is 2. The molecule has 4 aliphatic rings. The van der Waals surface area contributed by atoms with Gasteiger partial charge in [-0.15, -0.1) is 0 Å². The summed E-state index contributed by atoms with van der Waals surface area (Å²) in [7, 11) is 0. The number of alkyl carbamates (subject to hydrolysis) is 1. The predicted octanol–water partition coefficient (Wildman–Crippen LogP) is 9.40. The van der Waals surface area contributed by atoms with Gasteiger partial charge < -0.3 is 30.9 Å². The fourth-order valence-corrected chi connectivity index (χ4v) is 11.5. The van der Waals surface area contributed by atoms with Crippen molar-refractivity contribution in [2.24, 2.45) is 52.1 Å². The van der Waals surface area contributed by atoms with E-state index in [1.807, 2.05) is 0 Å². The van der Waals surface area contributed by atoms with Crippen LogP contribution < -0.4 is 16.4 Å². The number of hydrogen-bond donors (Lipinski definition) is 4. The molecule has 0 heterocycles. The number of aromatic hydroxyl groups is 1. The fourth-order valence-electron chi connectivity index (χ4n) is 11.5. The SMILES string of the molecule is CC(C)CCC[C@@H](C)[C@H]1CC[C@H]2[C@@H]3CC=C4C[C@@H](OC(=O)[C@H](CCCCN)NC(=O)[C@H](Cc5ccc(O)cc5)NC(=O)OC(C)(C)C)CC[C@]4(C)[C@H]3CC[C@]12C. The zero-order chi connectivity index (χ0) is 40.8. The molecule has 3 fully saturated rings. The molecule has 0 radical (unpaired) electrons. The van der Waals surface area contributed by atoms with Crippen LogP contribution in [0.25, 0.3) is 0 Å². The number of rotatable bonds is 16. The Hall–Kier alpha value is -3.07. The summed E-state index contributed by atoms with van der Waals surface area (Å²) in [6.45, 7) is 18.1. The van der Waals surface area contributed by atoms with Gasteiger partial charge in [0.25, 0.3) is 0 Å². The van der Waals surface area contributed by atoms with Crippen LogP contribution in [0.3, 0.4) is 0 Å². The van der Waals surface area contributed by atoms with Crippen LogP contribution in [0.15, 0.2) is 35.9 Å². The molecule has 0 spiro atoms. The highest BCUT2D eigenvalue weighted by molar-refractivity contribution is 5.90. The van der Waals surface area contributed by atoms with Crippen LogP contribution in [-0.4, -0.2) is 53.4 Å². The van der Waals surface area contributed by atoms with Gasteiger partial charge in [-0.1, -0.05) is 77.7 Å². The molecule has 314 valence electrons. The van der Waals surface area contributed by atoms with Crippen molar-refractivity contribution in [3.8, 4) is 5.75 Å². The third-order valence-electron chi connectivity index (χ3n) is 14.5. The first-order valence-electron chi connectivity index (χ1n) is 22.1. The number of phenols is 1. The van der Waals surface area contributed by atoms with E-state index in [4.69, 9.17) is 15.2 Å². The molecule has 10 atom stereocenters. The molecular weight excluding hydrogens is 703 g/mol. The van der Waals surface area contributed by atoms with Crippen molar-refractivity contribution in [3.05, 3.63) is 41.5 Å². The van der Waals surface area contributed by atoms with Crippen LogP contribution in [-0.2, 0) is 25.5 Å². The van der Waals surface area contributed by atoms with Crippen LogP contribution in [0.4, 0.5) is 4.79 Å². The van der Waals surface area contributed by atoms with Crippen molar-refractivity contribution in [3.63, 3.8) is 0 Å². The van der Waals surface area contributed by atoms with Crippen LogP contribution in [0.5, 0.6) is 5.75 Å². The molecule has 1 aromatic carbocycles. The van der Waals surface area contributed by atoms with Gasteiger partial charge in [0.1, 0.15) is 29.5 Å². The number of nitrogens with two attached hydrogens (primary N) is 1. The minimum atomic E-state index is -1.02. The summed E-state index contributed by atoms with van der Waals surface area (Å²) in [6, 6.07) is 4.57. The molecular formula is C47H75N3O6. The van der Waals surface area contributed by atoms with Crippen LogP contribution in [0, 0.1) is 46.3 Å². The number of phenolic OH excluding ortho intramolecular Hbond substituents is 1. The zero-order valence-corrected chi connectivity index (χ0v) is 36.0. The lowest BCUT2D eigenvalue weighted by Crippen LogP contribution is -2.54. The van der Waals surface area contributed by atoms with Crippen molar-refractivity contribution in [2.75, 3.05) is 6.54 Å². The van der Waals surface area contributed by atoms with Gasteiger partial charge in [0.2, 0.25) is 5.91 Å². The minimum absolute atomic E-state index is 0.103. The maximum atomic E-state index is 14.0. The Balaban J connectivity index is 1.24. The molecule has 0 bridgehead atoms. The first-order chi connectivity index (χ1) is 26.4. The standard InChI is InChI=1S/C47H75N3O6/c1-30(2)12-11-13-31(3)37-21-22-38-36-20-17-33-29-35(23-25-46(33,7)39(36)24-26-47(37,38)8)55-43(53)40(14-9-10-27-48)49-42(52)41(50-44(54)56-45(4,5)6)28-32-15-18-34(51)19-16-32/h15-19,30-31,35-41,51H,9-14,20-29,48H2,1-8H3,(H,49,52)(H,50,54)/t31-,35+,36+,37-,38+,39+,40+,41+,46+,47-/m1/s1. The number of carbonyl (C=O) groups is 3. The molecule has 9 heteroatoms. The van der Waals surface area contributed by atoms with E-state index < -0.39 is 35.7 Å². The summed E-state index contributed by atoms with van der Waals surface area (Å²) in [5, 5.41) is 15.4. The maximum absolute atomic E-state index is 14.0. The highest BCUT2D eigenvalue weighted by Crippen LogP contribution is 2.67. The average molecular weight is 778 g/mol. The number of hydrogen-bond acceptors (Lipinski definition) is 7. The van der Waals surface area contributed by atoms with Gasteiger partial charge in [0.15, 0.2) is 0 Å². The lowest BCUT2D eigenvalue weighted by molar-refractivity contribution is -0.155. The van der Waals surface area contributed by atoms with Crippen LogP contribution in [0.2, 0.25) is 0 Å². The molecule has 0 aliphatic heterocycles. The van der Waals surface area contributed by atoms with E-state index in [0.717, 1.165) is 60.8 Å². The number of allylic oxidation sites excluding steroid dienone is 1. The number of unbranched alkanes of at least 4 members (excludes halogenated alkanes) is 1. The number of benzene rings is 1. The summed E-state index contributed by atoms with van der Waals surface area (Å²) in [5.74, 6) is 3.79. The molecule has 0 aromatic heterocycles. The Morgan fingerprint density at radius 1 is 0.893 bits per heavy atom. The highest BCUT2D eigenvalue weighted by atomic mass is 16.6. The quantitative estimate of drug-likeness (QED) is 0.0745. The van der Waals surface area contributed by atoms with Gasteiger partial charge in [0, 0.05) is 12.8 Å². The molecule has 5 N–H and O–H groups in total. The number of amides is 2. The lowest BCUT2D eigenvalue weighted by Gasteiger charge is -2.58. The average Bonchev–Trinajstić information content (AvgIpc) is 3.48. The van der Waals surface area contributed by atoms with Gasteiger partial charge in [-0.2, -0.15) is 0 Å². The zero-order valence-electron chi connectivity index (χ0n) is 36.0. The van der Waals surface area contributed by atoms with Gasteiger partial charge in [-0.3, -0.25) is 4.79 Å². The molecule has 4 aliphatic carbocycles. The van der Waals surface area contributed by atoms with E-state index in [0.29, 0.717) is 37.1 Å². The fraction of sp³-hybridized carbons (Fsp3) is 0.766. The molecule has 2 amide bonds. The summed E-state index contributed by atoms with van der Waals surface area (Å²) >= 11 is 0. The Morgan fingerprint density at radius 2 is 1.62 bits per heavy atom. The number of carbonyl (C=O) groups excluding carboxylic acids is 3.